The lowest BCUT2D eigenvalue weighted by molar-refractivity contribution is -0.140. The zero-order chi connectivity index (χ0) is 40.2. The number of nitrogens with one attached hydrogen (secondary N) is 4. The molecule has 1 aliphatic carbocycles. The van der Waals surface area contributed by atoms with Crippen molar-refractivity contribution >= 4 is 35.0 Å². The number of likely N-dealkylation sites (tertiary alicyclic amines) is 1. The molecule has 304 valence electrons. The van der Waals surface area contributed by atoms with Crippen LogP contribution in [0.25, 0.3) is 22.4 Å². The summed E-state index contributed by atoms with van der Waals surface area (Å²) >= 11 is 0. The summed E-state index contributed by atoms with van der Waals surface area (Å²) < 4.78 is 36.6. The van der Waals surface area contributed by atoms with Crippen molar-refractivity contribution in [3.63, 3.8) is 0 Å². The number of hydrogen-bond acceptors (Lipinski definition) is 10. The molecule has 1 saturated carbocycles. The molecule has 2 aromatic heterocycles. The molecule has 1 atom stereocenters. The Morgan fingerprint density at radius 2 is 1.53 bits per heavy atom. The summed E-state index contributed by atoms with van der Waals surface area (Å²) in [7, 11) is 0. The van der Waals surface area contributed by atoms with Crippen LogP contribution in [0.1, 0.15) is 64.2 Å². The van der Waals surface area contributed by atoms with E-state index in [2.05, 4.69) is 30.9 Å². The zero-order valence-electron chi connectivity index (χ0n) is 32.2. The molecule has 8 rings (SSSR count). The van der Waals surface area contributed by atoms with Gasteiger partial charge in [0.2, 0.25) is 23.7 Å². The third kappa shape index (κ3) is 9.04. The van der Waals surface area contributed by atoms with Gasteiger partial charge >= 0.3 is 0 Å². The molecular formula is C43H48F2N8O5. The summed E-state index contributed by atoms with van der Waals surface area (Å²) in [6.07, 6.45) is 9.66. The number of pyridine rings is 1. The van der Waals surface area contributed by atoms with Gasteiger partial charge in [-0.05, 0) is 99.7 Å². The number of amides is 3. The fourth-order valence-corrected chi connectivity index (χ4v) is 8.65. The topological polar surface area (TPSA) is 162 Å². The predicted octanol–water partition coefficient (Wildman–Crippen LogP) is 5.64. The van der Waals surface area contributed by atoms with Crippen molar-refractivity contribution in [1.29, 1.82) is 0 Å². The van der Waals surface area contributed by atoms with Crippen LogP contribution in [0.4, 0.5) is 26.1 Å². The Balaban J connectivity index is 0.761. The fourth-order valence-electron chi connectivity index (χ4n) is 8.65. The minimum atomic E-state index is -0.571. The predicted molar refractivity (Wildman–Crippen MR) is 215 cm³/mol. The van der Waals surface area contributed by atoms with E-state index in [9.17, 15) is 23.6 Å². The number of carbonyl (C=O) groups excluding carboxylic acids is 3. The van der Waals surface area contributed by atoms with Crippen molar-refractivity contribution in [3.05, 3.63) is 89.0 Å². The van der Waals surface area contributed by atoms with Crippen molar-refractivity contribution in [2.75, 3.05) is 41.7 Å². The number of ether oxygens (including phenoxy) is 1. The molecule has 0 spiro atoms. The first-order chi connectivity index (χ1) is 28.2. The Labute approximate surface area is 335 Å². The minimum Gasteiger partial charge on any atom is -0.375 e. The maximum Gasteiger partial charge on any atom is 0.255 e. The first-order valence-electron chi connectivity index (χ1n) is 20.3. The molecule has 3 amide bonds. The molecule has 0 bridgehead atoms. The molecular weight excluding hydrogens is 747 g/mol. The summed E-state index contributed by atoms with van der Waals surface area (Å²) in [5.74, 6) is -1.13. The molecule has 15 heteroatoms. The van der Waals surface area contributed by atoms with E-state index in [-0.39, 0.29) is 59.5 Å². The van der Waals surface area contributed by atoms with Gasteiger partial charge in [0.1, 0.15) is 17.6 Å². The van der Waals surface area contributed by atoms with E-state index >= 15 is 4.39 Å². The number of H-pyrrole nitrogens is 1. The quantitative estimate of drug-likeness (QED) is 0.148. The van der Waals surface area contributed by atoms with Gasteiger partial charge < -0.3 is 30.2 Å². The lowest BCUT2D eigenvalue weighted by Crippen LogP contribution is -2.47. The number of carbonyl (C=O) groups is 3. The Bertz CT molecular complexity index is 2200. The van der Waals surface area contributed by atoms with E-state index in [0.717, 1.165) is 57.6 Å². The second kappa shape index (κ2) is 17.4. The molecule has 4 aliphatic rings. The number of aromatic nitrogens is 3. The molecule has 2 aromatic carbocycles. The van der Waals surface area contributed by atoms with Crippen molar-refractivity contribution in [3.8, 4) is 22.4 Å². The van der Waals surface area contributed by atoms with Crippen molar-refractivity contribution in [2.45, 2.75) is 88.5 Å². The smallest absolute Gasteiger partial charge is 0.255 e. The Morgan fingerprint density at radius 1 is 0.793 bits per heavy atom. The molecule has 3 saturated heterocycles. The van der Waals surface area contributed by atoms with Gasteiger partial charge in [-0.25, -0.2) is 18.7 Å². The number of imide groups is 1. The van der Waals surface area contributed by atoms with Gasteiger partial charge in [-0.1, -0.05) is 18.2 Å². The Morgan fingerprint density at radius 3 is 2.26 bits per heavy atom. The molecule has 4 fully saturated rings. The van der Waals surface area contributed by atoms with Crippen LogP contribution in [-0.2, 0) is 19.1 Å². The van der Waals surface area contributed by atoms with E-state index in [1.54, 1.807) is 54.7 Å². The summed E-state index contributed by atoms with van der Waals surface area (Å²) in [6, 6.07) is 14.9. The van der Waals surface area contributed by atoms with Gasteiger partial charge in [0.15, 0.2) is 5.82 Å². The number of aromatic amines is 1. The summed E-state index contributed by atoms with van der Waals surface area (Å²) in [6.45, 7) is 2.65. The van der Waals surface area contributed by atoms with Gasteiger partial charge in [-0.3, -0.25) is 24.5 Å². The van der Waals surface area contributed by atoms with Crippen LogP contribution in [0, 0.1) is 17.6 Å². The number of halogens is 2. The van der Waals surface area contributed by atoms with E-state index in [1.165, 1.54) is 6.07 Å². The first-order valence-corrected chi connectivity index (χ1v) is 20.3. The summed E-state index contributed by atoms with van der Waals surface area (Å²) in [5.41, 5.74) is 2.62. The van der Waals surface area contributed by atoms with E-state index in [0.29, 0.717) is 66.6 Å². The van der Waals surface area contributed by atoms with Crippen LogP contribution in [0.5, 0.6) is 0 Å². The lowest BCUT2D eigenvalue weighted by atomic mass is 9.85. The maximum atomic E-state index is 15.2. The second-order valence-corrected chi connectivity index (χ2v) is 15.7. The molecule has 58 heavy (non-hydrogen) atoms. The van der Waals surface area contributed by atoms with Gasteiger partial charge in [0.05, 0.1) is 24.1 Å². The summed E-state index contributed by atoms with van der Waals surface area (Å²) in [4.78, 5) is 64.8. The second-order valence-electron chi connectivity index (χ2n) is 15.7. The van der Waals surface area contributed by atoms with Crippen LogP contribution >= 0.6 is 0 Å². The number of rotatable bonds is 10. The van der Waals surface area contributed by atoms with Crippen LogP contribution in [0.2, 0.25) is 0 Å². The highest BCUT2D eigenvalue weighted by Gasteiger charge is 2.34. The van der Waals surface area contributed by atoms with Crippen LogP contribution in [0.3, 0.4) is 0 Å². The number of anilines is 3. The highest BCUT2D eigenvalue weighted by Crippen LogP contribution is 2.32. The number of benzene rings is 2. The highest BCUT2D eigenvalue weighted by atomic mass is 19.1. The van der Waals surface area contributed by atoms with Crippen LogP contribution < -0.4 is 26.4 Å². The van der Waals surface area contributed by atoms with E-state index in [4.69, 9.17) is 4.74 Å². The average molecular weight is 795 g/mol. The number of hydrogen-bond donors (Lipinski definition) is 4. The first kappa shape index (κ1) is 39.1. The molecule has 1 unspecified atom stereocenters. The van der Waals surface area contributed by atoms with Crippen molar-refractivity contribution < 1.29 is 27.9 Å². The lowest BCUT2D eigenvalue weighted by Gasteiger charge is -2.39. The zero-order valence-corrected chi connectivity index (χ0v) is 32.2. The molecule has 4 N–H and O–H groups in total. The van der Waals surface area contributed by atoms with Gasteiger partial charge in [-0.15, -0.1) is 0 Å². The molecule has 0 radical (unpaired) electrons. The molecule has 3 aliphatic heterocycles. The molecule has 13 nitrogen and oxygen atoms in total. The van der Waals surface area contributed by atoms with Gasteiger partial charge in [0.25, 0.3) is 5.56 Å². The SMILES string of the molecule is O=C1CCC(Nc2ccc(N3CCC(OC4CCN(C(=O)[C@H]5CC[C@H](Nc6ncc(F)c(-c7cccc(-c8ccc[nH]c8=O)c7)n6)CC5)CC4)CC3)c(F)c2)C(=O)N1. The largest absolute Gasteiger partial charge is 0.375 e. The third-order valence-electron chi connectivity index (χ3n) is 11.9. The average Bonchev–Trinajstić information content (AvgIpc) is 3.23. The van der Waals surface area contributed by atoms with E-state index in [1.807, 2.05) is 9.80 Å². The third-order valence-corrected chi connectivity index (χ3v) is 11.9. The summed E-state index contributed by atoms with van der Waals surface area (Å²) in [5, 5.41) is 8.70. The van der Waals surface area contributed by atoms with Crippen molar-refractivity contribution in [1.82, 2.24) is 25.2 Å². The standard InChI is InChI=1S/C43H48F2N8O5/c44-34-24-30(48-36-11-13-38(54)50-41(36)56)10-12-37(34)52-19-14-31(15-20-52)58-32-16-21-53(22-17-32)42(57)26-6-8-29(9-7-26)49-43-47-25-35(45)39(51-43)28-4-1-3-27(23-28)33-5-2-18-46-40(33)55/h1-5,10,12,18,23-26,29,31-32,36,48H,6-9,11,13-17,19-22H2,(H,46,55)(H,47,49,51)(H,50,54,56)/t26-,29-,36?. The highest BCUT2D eigenvalue weighted by molar-refractivity contribution is 6.01. The Kier molecular flexibility index (Phi) is 11.8. The monoisotopic (exact) mass is 794 g/mol. The molecule has 5 heterocycles. The Hall–Kier alpha value is -5.70. The maximum absolute atomic E-state index is 15.2. The van der Waals surface area contributed by atoms with Crippen LogP contribution in [-0.4, -0.2) is 88.0 Å². The minimum absolute atomic E-state index is 0.0453. The van der Waals surface area contributed by atoms with Crippen LogP contribution in [0.15, 0.2) is 71.8 Å². The van der Waals surface area contributed by atoms with Gasteiger partial charge in [0, 0.05) is 67.6 Å². The fraction of sp³-hybridized carbons (Fsp3) is 0.442. The number of nitrogens with zero attached hydrogens (tertiary/aromatic N) is 4. The molecule has 4 aromatic rings. The van der Waals surface area contributed by atoms with Gasteiger partial charge in [-0.2, -0.15) is 0 Å². The number of piperidine rings is 3. The van der Waals surface area contributed by atoms with Crippen molar-refractivity contribution in [2.24, 2.45) is 5.92 Å². The normalized spacial score (nSPS) is 22.1. The van der Waals surface area contributed by atoms with E-state index < -0.39 is 17.8 Å².